The number of carboxylic acids is 1. The van der Waals surface area contributed by atoms with E-state index in [2.05, 4.69) is 31.2 Å². The summed E-state index contributed by atoms with van der Waals surface area (Å²) in [5.41, 5.74) is 0.890. The zero-order valence-corrected chi connectivity index (χ0v) is 13.7. The van der Waals surface area contributed by atoms with Gasteiger partial charge in [-0.1, -0.05) is 31.5 Å². The van der Waals surface area contributed by atoms with Gasteiger partial charge in [0.15, 0.2) is 5.69 Å². The van der Waals surface area contributed by atoms with Gasteiger partial charge >= 0.3 is 5.97 Å². The number of benzene rings is 1. The van der Waals surface area contributed by atoms with Crippen LogP contribution in [0.5, 0.6) is 0 Å². The minimum absolute atomic E-state index is 0.0510. The molecular formula is C14H13BrClN3O2. The first-order valence-corrected chi connectivity index (χ1v) is 7.38. The van der Waals surface area contributed by atoms with E-state index < -0.39 is 5.97 Å². The third-order valence-corrected chi connectivity index (χ3v) is 4.14. The molecule has 2 rings (SSSR count). The summed E-state index contributed by atoms with van der Waals surface area (Å²) >= 11 is 9.37. The minimum Gasteiger partial charge on any atom is -0.476 e. The summed E-state index contributed by atoms with van der Waals surface area (Å²) in [4.78, 5) is 19.7. The molecule has 0 fully saturated rings. The fraction of sp³-hybridized carbons (Fsp3) is 0.214. The Hall–Kier alpha value is -1.66. The molecule has 1 aromatic carbocycles. The van der Waals surface area contributed by atoms with Crippen LogP contribution in [0.2, 0.25) is 5.02 Å². The van der Waals surface area contributed by atoms with Gasteiger partial charge in [-0.2, -0.15) is 0 Å². The molecule has 0 amide bonds. The average molecular weight is 371 g/mol. The van der Waals surface area contributed by atoms with Crippen LogP contribution in [0.15, 0.2) is 28.9 Å². The van der Waals surface area contributed by atoms with Gasteiger partial charge in [-0.25, -0.2) is 14.8 Å². The number of carbonyl (C=O) groups is 1. The molecule has 0 saturated heterocycles. The Balaban J connectivity index is 2.44. The Kier molecular flexibility index (Phi) is 4.80. The monoisotopic (exact) mass is 369 g/mol. The van der Waals surface area contributed by atoms with Gasteiger partial charge in [0.2, 0.25) is 0 Å². The molecule has 0 atom stereocenters. The fourth-order valence-corrected chi connectivity index (χ4v) is 2.21. The van der Waals surface area contributed by atoms with Gasteiger partial charge in [0, 0.05) is 5.92 Å². The van der Waals surface area contributed by atoms with E-state index in [9.17, 15) is 9.90 Å². The highest BCUT2D eigenvalue weighted by Crippen LogP contribution is 2.32. The van der Waals surface area contributed by atoms with Crippen molar-refractivity contribution in [1.29, 1.82) is 0 Å². The van der Waals surface area contributed by atoms with Gasteiger partial charge in [0.1, 0.15) is 5.82 Å². The summed E-state index contributed by atoms with van der Waals surface area (Å²) in [6, 6.07) is 5.27. The van der Waals surface area contributed by atoms with E-state index in [4.69, 9.17) is 11.6 Å². The highest BCUT2D eigenvalue weighted by Gasteiger charge is 2.16. The number of nitrogens with zero attached hydrogens (tertiary/aromatic N) is 2. The van der Waals surface area contributed by atoms with Crippen LogP contribution in [0.3, 0.4) is 0 Å². The molecule has 5 nitrogen and oxygen atoms in total. The molecule has 0 bridgehead atoms. The summed E-state index contributed by atoms with van der Waals surface area (Å²) in [7, 11) is 0. The van der Waals surface area contributed by atoms with Crippen molar-refractivity contribution in [3.8, 4) is 0 Å². The fourth-order valence-electron chi connectivity index (χ4n) is 1.67. The Morgan fingerprint density at radius 2 is 2.10 bits per heavy atom. The molecule has 0 spiro atoms. The highest BCUT2D eigenvalue weighted by atomic mass is 79.9. The van der Waals surface area contributed by atoms with E-state index in [1.54, 1.807) is 18.2 Å². The van der Waals surface area contributed by atoms with Crippen molar-refractivity contribution in [3.63, 3.8) is 0 Å². The smallest absolute Gasteiger partial charge is 0.356 e. The normalized spacial score (nSPS) is 10.7. The maximum Gasteiger partial charge on any atom is 0.356 e. The Morgan fingerprint density at radius 3 is 2.71 bits per heavy atom. The molecule has 0 aliphatic carbocycles. The average Bonchev–Trinajstić information content (AvgIpc) is 2.43. The van der Waals surface area contributed by atoms with Crippen molar-refractivity contribution in [2.45, 2.75) is 19.8 Å². The lowest BCUT2D eigenvalue weighted by atomic mass is 10.2. The quantitative estimate of drug-likeness (QED) is 0.831. The molecule has 7 heteroatoms. The van der Waals surface area contributed by atoms with Gasteiger partial charge in [0.05, 0.1) is 27.1 Å². The van der Waals surface area contributed by atoms with Crippen LogP contribution >= 0.6 is 27.5 Å². The van der Waals surface area contributed by atoms with Crippen molar-refractivity contribution >= 4 is 44.9 Å². The van der Waals surface area contributed by atoms with Gasteiger partial charge < -0.3 is 10.4 Å². The van der Waals surface area contributed by atoms with Crippen molar-refractivity contribution in [2.24, 2.45) is 0 Å². The summed E-state index contributed by atoms with van der Waals surface area (Å²) in [6.45, 7) is 3.81. The first-order chi connectivity index (χ1) is 9.90. The van der Waals surface area contributed by atoms with E-state index in [1.165, 1.54) is 6.20 Å². The summed E-state index contributed by atoms with van der Waals surface area (Å²) in [5, 5.41) is 12.8. The van der Waals surface area contributed by atoms with Crippen molar-refractivity contribution < 1.29 is 9.90 Å². The second kappa shape index (κ2) is 6.41. The van der Waals surface area contributed by atoms with Crippen LogP contribution in [-0.4, -0.2) is 21.0 Å². The summed E-state index contributed by atoms with van der Waals surface area (Å²) in [5.74, 6) is -0.571. The zero-order valence-electron chi connectivity index (χ0n) is 11.4. The topological polar surface area (TPSA) is 75.1 Å². The molecule has 1 heterocycles. The van der Waals surface area contributed by atoms with E-state index in [0.29, 0.717) is 26.7 Å². The number of aromatic carboxylic acids is 1. The first kappa shape index (κ1) is 15.7. The first-order valence-electron chi connectivity index (χ1n) is 6.21. The number of hydrogen-bond donors (Lipinski definition) is 2. The molecule has 0 aliphatic rings. The second-order valence-corrected chi connectivity index (χ2v) is 5.88. The molecule has 110 valence electrons. The Bertz CT molecular complexity index is 692. The lowest BCUT2D eigenvalue weighted by Crippen LogP contribution is -2.10. The number of aromatic nitrogens is 2. The van der Waals surface area contributed by atoms with Crippen molar-refractivity contribution in [1.82, 2.24) is 9.97 Å². The molecule has 0 unspecified atom stereocenters. The standard InChI is InChI=1S/C14H13BrClN3O2/c1-7(2)13-17-6-10(12(19-13)14(20)21)18-9-5-3-4-8(16)11(9)15/h3-7,18H,1-2H3,(H,20,21). The van der Waals surface area contributed by atoms with Gasteiger partial charge in [-0.3, -0.25) is 0 Å². The summed E-state index contributed by atoms with van der Waals surface area (Å²) < 4.78 is 0.649. The SMILES string of the molecule is CC(C)c1ncc(Nc2cccc(Cl)c2Br)c(C(=O)O)n1. The molecule has 2 N–H and O–H groups in total. The molecular weight excluding hydrogens is 358 g/mol. The Morgan fingerprint density at radius 1 is 1.38 bits per heavy atom. The third kappa shape index (κ3) is 3.51. The number of rotatable bonds is 4. The third-order valence-electron chi connectivity index (χ3n) is 2.75. The molecule has 21 heavy (non-hydrogen) atoms. The molecule has 0 radical (unpaired) electrons. The number of hydrogen-bond acceptors (Lipinski definition) is 4. The van der Waals surface area contributed by atoms with Crippen LogP contribution < -0.4 is 5.32 Å². The van der Waals surface area contributed by atoms with E-state index in [0.717, 1.165) is 0 Å². The molecule has 0 aliphatic heterocycles. The molecule has 1 aromatic heterocycles. The van der Waals surface area contributed by atoms with E-state index >= 15 is 0 Å². The molecule has 2 aromatic rings. The minimum atomic E-state index is -1.11. The van der Waals surface area contributed by atoms with Crippen molar-refractivity contribution in [2.75, 3.05) is 5.32 Å². The van der Waals surface area contributed by atoms with Crippen LogP contribution in [0.25, 0.3) is 0 Å². The zero-order chi connectivity index (χ0) is 15.6. The maximum absolute atomic E-state index is 11.4. The predicted octanol–water partition coefficient (Wildman–Crippen LogP) is 4.46. The number of anilines is 2. The lowest BCUT2D eigenvalue weighted by molar-refractivity contribution is 0.0691. The second-order valence-electron chi connectivity index (χ2n) is 4.68. The van der Waals surface area contributed by atoms with Gasteiger partial charge in [0.25, 0.3) is 0 Å². The summed E-state index contributed by atoms with van der Waals surface area (Å²) in [6.07, 6.45) is 1.47. The number of nitrogens with one attached hydrogen (secondary N) is 1. The maximum atomic E-state index is 11.4. The van der Waals surface area contributed by atoms with Gasteiger partial charge in [-0.05, 0) is 28.1 Å². The van der Waals surface area contributed by atoms with Crippen LogP contribution in [-0.2, 0) is 0 Å². The predicted molar refractivity (Wildman–Crippen MR) is 85.5 cm³/mol. The van der Waals surface area contributed by atoms with Crippen molar-refractivity contribution in [3.05, 3.63) is 45.4 Å². The van der Waals surface area contributed by atoms with E-state index in [-0.39, 0.29) is 11.6 Å². The van der Waals surface area contributed by atoms with Crippen LogP contribution in [0.4, 0.5) is 11.4 Å². The molecule has 0 saturated carbocycles. The van der Waals surface area contributed by atoms with Crippen LogP contribution in [0.1, 0.15) is 36.1 Å². The highest BCUT2D eigenvalue weighted by molar-refractivity contribution is 9.10. The van der Waals surface area contributed by atoms with E-state index in [1.807, 2.05) is 13.8 Å². The van der Waals surface area contributed by atoms with Gasteiger partial charge in [-0.15, -0.1) is 0 Å². The number of carboxylic acid groups (broad SMARTS) is 1. The Labute approximate surface area is 135 Å². The lowest BCUT2D eigenvalue weighted by Gasteiger charge is -2.12. The number of halogens is 2. The largest absolute Gasteiger partial charge is 0.476 e. The van der Waals surface area contributed by atoms with Crippen LogP contribution in [0, 0.1) is 0 Å².